The number of nitrogens with one attached hydrogen (secondary N) is 3. The molecule has 1 aliphatic rings. The molecule has 2 aromatic rings. The van der Waals surface area contributed by atoms with E-state index in [-0.39, 0.29) is 24.3 Å². The molecule has 0 aliphatic carbocycles. The summed E-state index contributed by atoms with van der Waals surface area (Å²) in [6.07, 6.45) is 0.435. The van der Waals surface area contributed by atoms with Crippen LogP contribution in [0.2, 0.25) is 0 Å². The van der Waals surface area contributed by atoms with Gasteiger partial charge in [0.05, 0.1) is 11.1 Å². The maximum absolute atomic E-state index is 12.3. The van der Waals surface area contributed by atoms with Gasteiger partial charge in [-0.25, -0.2) is 4.79 Å². The topological polar surface area (TPSA) is 108 Å². The molecule has 0 atom stereocenters. The Balaban J connectivity index is 1.45. The number of urea groups is 1. The van der Waals surface area contributed by atoms with Gasteiger partial charge in [0.1, 0.15) is 0 Å². The van der Waals surface area contributed by atoms with Crippen molar-refractivity contribution in [1.82, 2.24) is 10.2 Å². The molecule has 0 saturated carbocycles. The Kier molecular flexibility index (Phi) is 5.69. The lowest BCUT2D eigenvalue weighted by atomic mass is 10.1. The van der Waals surface area contributed by atoms with E-state index in [2.05, 4.69) is 16.0 Å². The first-order valence-electron chi connectivity index (χ1n) is 8.83. The highest BCUT2D eigenvalue weighted by Crippen LogP contribution is 2.22. The first kappa shape index (κ1) is 19.1. The number of carbonyl (C=O) groups excluding carboxylic acids is 4. The number of fused-ring (bicyclic) bond motifs is 1. The Hall–Kier alpha value is -3.68. The van der Waals surface area contributed by atoms with Crippen LogP contribution >= 0.6 is 0 Å². The molecular weight excluding hydrogens is 360 g/mol. The van der Waals surface area contributed by atoms with E-state index in [0.29, 0.717) is 35.5 Å². The van der Waals surface area contributed by atoms with Crippen molar-refractivity contribution < 1.29 is 19.2 Å². The number of hydrogen-bond donors (Lipinski definition) is 3. The van der Waals surface area contributed by atoms with Gasteiger partial charge in [-0.1, -0.05) is 18.2 Å². The van der Waals surface area contributed by atoms with Gasteiger partial charge in [0.15, 0.2) is 0 Å². The minimum absolute atomic E-state index is 0.199. The number of carbonyl (C=O) groups is 4. The molecule has 5 amide bonds. The van der Waals surface area contributed by atoms with Gasteiger partial charge in [-0.2, -0.15) is 0 Å². The second kappa shape index (κ2) is 8.34. The molecule has 0 radical (unpaired) electrons. The van der Waals surface area contributed by atoms with E-state index in [9.17, 15) is 19.2 Å². The minimum Gasteiger partial charge on any atom is -0.338 e. The van der Waals surface area contributed by atoms with Gasteiger partial charge in [-0.15, -0.1) is 0 Å². The van der Waals surface area contributed by atoms with Crippen LogP contribution in [0.1, 0.15) is 34.1 Å². The van der Waals surface area contributed by atoms with E-state index >= 15 is 0 Å². The molecule has 3 N–H and O–H groups in total. The Morgan fingerprint density at radius 3 is 2.11 bits per heavy atom. The molecule has 1 aliphatic heterocycles. The third-order valence-corrected chi connectivity index (χ3v) is 4.16. The Bertz CT molecular complexity index is 906. The lowest BCUT2D eigenvalue weighted by Crippen LogP contribution is -2.35. The van der Waals surface area contributed by atoms with Crippen LogP contribution in [0.5, 0.6) is 0 Å². The molecule has 0 saturated heterocycles. The van der Waals surface area contributed by atoms with Gasteiger partial charge in [-0.3, -0.25) is 19.3 Å². The molecule has 0 bridgehead atoms. The summed E-state index contributed by atoms with van der Waals surface area (Å²) < 4.78 is 0. The zero-order chi connectivity index (χ0) is 20.1. The predicted molar refractivity (Wildman–Crippen MR) is 104 cm³/mol. The van der Waals surface area contributed by atoms with Gasteiger partial charge >= 0.3 is 6.03 Å². The van der Waals surface area contributed by atoms with Crippen molar-refractivity contribution >= 4 is 35.1 Å². The number of anilines is 2. The fourth-order valence-corrected chi connectivity index (χ4v) is 2.93. The number of imide groups is 1. The molecule has 0 fully saturated rings. The standard InChI is InChI=1S/C20H20N4O4/c1-13(25)22-14-6-4-7-15(12-14)23-20(28)21-10-5-11-24-18(26)16-8-2-3-9-17(16)19(24)27/h2-4,6-9,12H,5,10-11H2,1H3,(H,22,25)(H2,21,23,28). The third-order valence-electron chi connectivity index (χ3n) is 4.16. The highest BCUT2D eigenvalue weighted by molar-refractivity contribution is 6.21. The lowest BCUT2D eigenvalue weighted by Gasteiger charge is -2.14. The molecule has 144 valence electrons. The molecule has 0 aromatic heterocycles. The SMILES string of the molecule is CC(=O)Nc1cccc(NC(=O)NCCCN2C(=O)c3ccccc3C2=O)c1. The fourth-order valence-electron chi connectivity index (χ4n) is 2.93. The highest BCUT2D eigenvalue weighted by atomic mass is 16.2. The smallest absolute Gasteiger partial charge is 0.319 e. The molecule has 0 unspecified atom stereocenters. The number of benzene rings is 2. The summed E-state index contributed by atoms with van der Waals surface area (Å²) in [4.78, 5) is 48.8. The van der Waals surface area contributed by atoms with Crippen LogP contribution in [0.25, 0.3) is 0 Å². The maximum Gasteiger partial charge on any atom is 0.319 e. The summed E-state index contributed by atoms with van der Waals surface area (Å²) >= 11 is 0. The molecule has 2 aromatic carbocycles. The van der Waals surface area contributed by atoms with Crippen LogP contribution in [0.4, 0.5) is 16.2 Å². The number of amides is 5. The van der Waals surface area contributed by atoms with Crippen molar-refractivity contribution in [3.8, 4) is 0 Å². The average Bonchev–Trinajstić information content (AvgIpc) is 2.90. The fraction of sp³-hybridized carbons (Fsp3) is 0.200. The molecule has 8 heteroatoms. The summed E-state index contributed by atoms with van der Waals surface area (Å²) in [6.45, 7) is 1.93. The Morgan fingerprint density at radius 2 is 1.50 bits per heavy atom. The number of nitrogens with zero attached hydrogens (tertiary/aromatic N) is 1. The molecule has 28 heavy (non-hydrogen) atoms. The summed E-state index contributed by atoms with van der Waals surface area (Å²) in [5.41, 5.74) is 1.94. The van der Waals surface area contributed by atoms with Crippen LogP contribution in [-0.4, -0.2) is 41.7 Å². The largest absolute Gasteiger partial charge is 0.338 e. The van der Waals surface area contributed by atoms with E-state index in [4.69, 9.17) is 0 Å². The first-order valence-corrected chi connectivity index (χ1v) is 8.83. The van der Waals surface area contributed by atoms with Crippen LogP contribution in [0.3, 0.4) is 0 Å². The van der Waals surface area contributed by atoms with E-state index in [0.717, 1.165) is 0 Å². The summed E-state index contributed by atoms with van der Waals surface area (Å²) in [7, 11) is 0. The first-order chi connectivity index (χ1) is 13.5. The normalized spacial score (nSPS) is 12.5. The van der Waals surface area contributed by atoms with Crippen molar-refractivity contribution in [3.63, 3.8) is 0 Å². The van der Waals surface area contributed by atoms with Gasteiger partial charge in [0, 0.05) is 31.4 Å². The number of hydrogen-bond acceptors (Lipinski definition) is 4. The molecular formula is C20H20N4O4. The van der Waals surface area contributed by atoms with Crippen molar-refractivity contribution in [2.24, 2.45) is 0 Å². The van der Waals surface area contributed by atoms with Crippen molar-refractivity contribution in [3.05, 3.63) is 59.7 Å². The van der Waals surface area contributed by atoms with Crippen molar-refractivity contribution in [1.29, 1.82) is 0 Å². The highest BCUT2D eigenvalue weighted by Gasteiger charge is 2.34. The zero-order valence-electron chi connectivity index (χ0n) is 15.3. The van der Waals surface area contributed by atoms with Crippen molar-refractivity contribution in [2.45, 2.75) is 13.3 Å². The molecule has 0 spiro atoms. The molecule has 1 heterocycles. The van der Waals surface area contributed by atoms with E-state index in [1.54, 1.807) is 48.5 Å². The van der Waals surface area contributed by atoms with Gasteiger partial charge in [0.25, 0.3) is 11.8 Å². The minimum atomic E-state index is -0.415. The van der Waals surface area contributed by atoms with E-state index in [1.807, 2.05) is 0 Å². The lowest BCUT2D eigenvalue weighted by molar-refractivity contribution is -0.114. The Labute approximate surface area is 161 Å². The zero-order valence-corrected chi connectivity index (χ0v) is 15.3. The van der Waals surface area contributed by atoms with Crippen LogP contribution in [-0.2, 0) is 4.79 Å². The summed E-state index contributed by atoms with van der Waals surface area (Å²) in [5, 5.41) is 7.98. The van der Waals surface area contributed by atoms with Crippen LogP contribution in [0.15, 0.2) is 48.5 Å². The maximum atomic E-state index is 12.3. The summed E-state index contributed by atoms with van der Waals surface area (Å²) in [6, 6.07) is 13.1. The van der Waals surface area contributed by atoms with Crippen LogP contribution < -0.4 is 16.0 Å². The quantitative estimate of drug-likeness (QED) is 0.528. The van der Waals surface area contributed by atoms with Crippen LogP contribution in [0, 0.1) is 0 Å². The second-order valence-corrected chi connectivity index (χ2v) is 6.30. The monoisotopic (exact) mass is 380 g/mol. The average molecular weight is 380 g/mol. The van der Waals surface area contributed by atoms with Gasteiger partial charge in [0.2, 0.25) is 5.91 Å². The molecule has 3 rings (SSSR count). The second-order valence-electron chi connectivity index (χ2n) is 6.30. The van der Waals surface area contributed by atoms with Gasteiger partial charge in [-0.05, 0) is 36.8 Å². The Morgan fingerprint density at radius 1 is 0.893 bits per heavy atom. The van der Waals surface area contributed by atoms with E-state index in [1.165, 1.54) is 11.8 Å². The number of rotatable bonds is 6. The van der Waals surface area contributed by atoms with E-state index < -0.39 is 6.03 Å². The summed E-state index contributed by atoms with van der Waals surface area (Å²) in [5.74, 6) is -0.811. The molecule has 8 nitrogen and oxygen atoms in total. The van der Waals surface area contributed by atoms with Gasteiger partial charge < -0.3 is 16.0 Å². The van der Waals surface area contributed by atoms with Crippen molar-refractivity contribution in [2.75, 3.05) is 23.7 Å². The third kappa shape index (κ3) is 4.35. The predicted octanol–water partition coefficient (Wildman–Crippen LogP) is 2.45.